The van der Waals surface area contributed by atoms with E-state index in [2.05, 4.69) is 0 Å². The maximum Gasteiger partial charge on any atom is 0.248 e. The number of aryl methyl sites for hydroxylation is 1. The van der Waals surface area contributed by atoms with Crippen molar-refractivity contribution in [1.29, 1.82) is 0 Å². The fraction of sp³-hybridized carbons (Fsp3) is 0.467. The van der Waals surface area contributed by atoms with Crippen LogP contribution in [0.2, 0.25) is 0 Å². The van der Waals surface area contributed by atoms with Crippen LogP contribution in [-0.2, 0) is 16.0 Å². The molecule has 5 nitrogen and oxygen atoms in total. The Morgan fingerprint density at radius 3 is 2.05 bits per heavy atom. The molecule has 0 bridgehead atoms. The third kappa shape index (κ3) is 4.26. The Hall–Kier alpha value is -1.95. The van der Waals surface area contributed by atoms with E-state index in [1.807, 2.05) is 0 Å². The molecule has 1 aromatic rings. The highest BCUT2D eigenvalue weighted by Gasteiger charge is 2.23. The number of rotatable bonds is 4. The van der Waals surface area contributed by atoms with E-state index >= 15 is 0 Å². The van der Waals surface area contributed by atoms with Crippen molar-refractivity contribution in [2.75, 3.05) is 32.8 Å². The molecule has 6 heteroatoms. The largest absolute Gasteiger partial charge is 0.387 e. The minimum atomic E-state index is -0.488. The van der Waals surface area contributed by atoms with E-state index < -0.39 is 6.61 Å². The molecule has 1 N–H and O–H groups in total. The Morgan fingerprint density at radius 2 is 1.52 bits per heavy atom. The van der Waals surface area contributed by atoms with Crippen molar-refractivity contribution in [3.63, 3.8) is 0 Å². The predicted octanol–water partition coefficient (Wildman–Crippen LogP) is 0.421. The number of hydrogen-bond acceptors (Lipinski definition) is 3. The fourth-order valence-corrected chi connectivity index (χ4v) is 2.37. The van der Waals surface area contributed by atoms with Crippen LogP contribution in [0, 0.1) is 5.82 Å². The Balaban J connectivity index is 1.77. The molecular weight excluding hydrogens is 275 g/mol. The third-order valence-electron chi connectivity index (χ3n) is 3.66. The summed E-state index contributed by atoms with van der Waals surface area (Å²) in [4.78, 5) is 26.7. The minimum Gasteiger partial charge on any atom is -0.387 e. The smallest absolute Gasteiger partial charge is 0.248 e. The van der Waals surface area contributed by atoms with Gasteiger partial charge in [0.25, 0.3) is 0 Å². The average molecular weight is 294 g/mol. The molecule has 0 spiro atoms. The molecule has 0 radical (unpaired) electrons. The van der Waals surface area contributed by atoms with Crippen molar-refractivity contribution in [2.45, 2.75) is 12.8 Å². The second-order valence-electron chi connectivity index (χ2n) is 5.05. The topological polar surface area (TPSA) is 60.9 Å². The maximum absolute atomic E-state index is 12.8. The molecule has 1 aliphatic heterocycles. The number of halogens is 1. The first-order chi connectivity index (χ1) is 10.1. The molecule has 0 aliphatic carbocycles. The first-order valence-electron chi connectivity index (χ1n) is 7.01. The number of benzene rings is 1. The molecule has 0 aromatic heterocycles. The highest BCUT2D eigenvalue weighted by atomic mass is 19.1. The van der Waals surface area contributed by atoms with Crippen molar-refractivity contribution in [3.05, 3.63) is 35.6 Å². The van der Waals surface area contributed by atoms with Crippen molar-refractivity contribution in [1.82, 2.24) is 9.80 Å². The van der Waals surface area contributed by atoms with Gasteiger partial charge in [-0.1, -0.05) is 12.1 Å². The van der Waals surface area contributed by atoms with Gasteiger partial charge in [0.05, 0.1) is 0 Å². The van der Waals surface area contributed by atoms with Crippen LogP contribution in [0.1, 0.15) is 12.0 Å². The highest BCUT2D eigenvalue weighted by molar-refractivity contribution is 5.79. The van der Waals surface area contributed by atoms with Crippen LogP contribution in [0.25, 0.3) is 0 Å². The lowest BCUT2D eigenvalue weighted by Crippen LogP contribution is -2.51. The van der Waals surface area contributed by atoms with Gasteiger partial charge >= 0.3 is 0 Å². The molecule has 1 saturated heterocycles. The second-order valence-corrected chi connectivity index (χ2v) is 5.05. The highest BCUT2D eigenvalue weighted by Crippen LogP contribution is 2.09. The van der Waals surface area contributed by atoms with E-state index in [1.54, 1.807) is 21.9 Å². The van der Waals surface area contributed by atoms with E-state index in [4.69, 9.17) is 5.11 Å². The van der Waals surface area contributed by atoms with Gasteiger partial charge in [0.15, 0.2) is 0 Å². The number of aliphatic hydroxyl groups excluding tert-OH is 1. The standard InChI is InChI=1S/C15H19FN2O3/c16-13-4-1-12(2-5-13)3-6-14(20)17-7-9-18(10-8-17)15(21)11-19/h1-2,4-5,19H,3,6-11H2. The summed E-state index contributed by atoms with van der Waals surface area (Å²) in [6.45, 7) is 1.42. The molecule has 1 aromatic carbocycles. The average Bonchev–Trinajstić information content (AvgIpc) is 2.53. The maximum atomic E-state index is 12.8. The minimum absolute atomic E-state index is 0.0374. The molecule has 1 heterocycles. The molecule has 2 amide bonds. The lowest BCUT2D eigenvalue weighted by molar-refractivity contribution is -0.141. The number of piperazine rings is 1. The summed E-state index contributed by atoms with van der Waals surface area (Å²) in [5.74, 6) is -0.543. The van der Waals surface area contributed by atoms with Crippen LogP contribution in [0.3, 0.4) is 0 Å². The van der Waals surface area contributed by atoms with Gasteiger partial charge in [-0.15, -0.1) is 0 Å². The second kappa shape index (κ2) is 7.17. The summed E-state index contributed by atoms with van der Waals surface area (Å²) < 4.78 is 12.8. The predicted molar refractivity (Wildman–Crippen MR) is 75.0 cm³/mol. The fourth-order valence-electron chi connectivity index (χ4n) is 2.37. The van der Waals surface area contributed by atoms with Crippen LogP contribution in [0.4, 0.5) is 4.39 Å². The van der Waals surface area contributed by atoms with Gasteiger partial charge in [-0.3, -0.25) is 9.59 Å². The summed E-state index contributed by atoms with van der Waals surface area (Å²) >= 11 is 0. The Kier molecular flexibility index (Phi) is 5.27. The van der Waals surface area contributed by atoms with Gasteiger partial charge in [-0.25, -0.2) is 4.39 Å². The van der Waals surface area contributed by atoms with Crippen LogP contribution in [0.15, 0.2) is 24.3 Å². The van der Waals surface area contributed by atoms with Crippen molar-refractivity contribution >= 4 is 11.8 Å². The summed E-state index contributed by atoms with van der Waals surface area (Å²) in [5, 5.41) is 8.79. The van der Waals surface area contributed by atoms with Gasteiger partial charge in [-0.2, -0.15) is 0 Å². The lowest BCUT2D eigenvalue weighted by atomic mass is 10.1. The zero-order valence-corrected chi connectivity index (χ0v) is 11.8. The zero-order valence-electron chi connectivity index (χ0n) is 11.8. The molecule has 2 rings (SSSR count). The molecule has 0 saturated carbocycles. The molecule has 1 fully saturated rings. The number of amides is 2. The van der Waals surface area contributed by atoms with E-state index in [-0.39, 0.29) is 17.6 Å². The van der Waals surface area contributed by atoms with E-state index in [0.717, 1.165) is 5.56 Å². The molecule has 0 atom stereocenters. The van der Waals surface area contributed by atoms with Gasteiger partial charge in [0, 0.05) is 32.6 Å². The van der Waals surface area contributed by atoms with Crippen molar-refractivity contribution in [3.8, 4) is 0 Å². The number of aliphatic hydroxyl groups is 1. The van der Waals surface area contributed by atoms with Crippen molar-refractivity contribution < 1.29 is 19.1 Å². The molecular formula is C15H19FN2O3. The molecule has 21 heavy (non-hydrogen) atoms. The summed E-state index contributed by atoms with van der Waals surface area (Å²) in [6, 6.07) is 6.14. The zero-order chi connectivity index (χ0) is 15.2. The SMILES string of the molecule is O=C(CO)N1CCN(C(=O)CCc2ccc(F)cc2)CC1. The van der Waals surface area contributed by atoms with E-state index in [0.29, 0.717) is 39.0 Å². The van der Waals surface area contributed by atoms with Crippen LogP contribution in [0.5, 0.6) is 0 Å². The van der Waals surface area contributed by atoms with Gasteiger partial charge < -0.3 is 14.9 Å². The normalized spacial score (nSPS) is 15.1. The number of hydrogen-bond donors (Lipinski definition) is 1. The quantitative estimate of drug-likeness (QED) is 0.875. The molecule has 0 unspecified atom stereocenters. The van der Waals surface area contributed by atoms with Gasteiger partial charge in [0.1, 0.15) is 12.4 Å². The first kappa shape index (κ1) is 15.4. The summed E-state index contributed by atoms with van der Waals surface area (Å²) in [7, 11) is 0. The van der Waals surface area contributed by atoms with Crippen LogP contribution < -0.4 is 0 Å². The van der Waals surface area contributed by atoms with Crippen LogP contribution >= 0.6 is 0 Å². The Morgan fingerprint density at radius 1 is 1.00 bits per heavy atom. The number of carbonyl (C=O) groups excluding carboxylic acids is 2. The first-order valence-corrected chi connectivity index (χ1v) is 7.01. The summed E-state index contributed by atoms with van der Waals surface area (Å²) in [6.07, 6.45) is 0.953. The number of nitrogens with zero attached hydrogens (tertiary/aromatic N) is 2. The molecule has 114 valence electrons. The monoisotopic (exact) mass is 294 g/mol. The molecule has 1 aliphatic rings. The van der Waals surface area contributed by atoms with E-state index in [9.17, 15) is 14.0 Å². The van der Waals surface area contributed by atoms with Gasteiger partial charge in [-0.05, 0) is 24.1 Å². The number of carbonyl (C=O) groups is 2. The van der Waals surface area contributed by atoms with E-state index in [1.165, 1.54) is 12.1 Å². The summed E-state index contributed by atoms with van der Waals surface area (Å²) in [5.41, 5.74) is 0.929. The van der Waals surface area contributed by atoms with Crippen LogP contribution in [-0.4, -0.2) is 59.5 Å². The van der Waals surface area contributed by atoms with Crippen molar-refractivity contribution in [2.24, 2.45) is 0 Å². The Labute approximate surface area is 123 Å². The third-order valence-corrected chi connectivity index (χ3v) is 3.66. The van der Waals surface area contributed by atoms with Gasteiger partial charge in [0.2, 0.25) is 11.8 Å². The lowest BCUT2D eigenvalue weighted by Gasteiger charge is -2.34. The Bertz CT molecular complexity index is 496.